The van der Waals surface area contributed by atoms with Crippen molar-refractivity contribution in [3.63, 3.8) is 0 Å². The van der Waals surface area contributed by atoms with Crippen molar-refractivity contribution >= 4 is 11.9 Å². The number of ether oxygens (including phenoxy) is 1. The first-order chi connectivity index (χ1) is 15.2. The second-order valence-electron chi connectivity index (χ2n) is 7.52. The summed E-state index contributed by atoms with van der Waals surface area (Å²) in [4.78, 5) is 21.3. The second kappa shape index (κ2) is 11.2. The van der Waals surface area contributed by atoms with E-state index < -0.39 is 17.5 Å². The lowest BCUT2D eigenvalue weighted by Crippen LogP contribution is -2.28. The lowest BCUT2D eigenvalue weighted by atomic mass is 9.81. The van der Waals surface area contributed by atoms with Gasteiger partial charge in [-0.3, -0.25) is 0 Å². The highest BCUT2D eigenvalue weighted by atomic mass is 19.1. The van der Waals surface area contributed by atoms with Crippen LogP contribution in [-0.4, -0.2) is 47.7 Å². The summed E-state index contributed by atoms with van der Waals surface area (Å²) in [6.07, 6.45) is 2.89. The third kappa shape index (κ3) is 6.48. The van der Waals surface area contributed by atoms with Gasteiger partial charge in [-0.15, -0.1) is 0 Å². The van der Waals surface area contributed by atoms with Crippen LogP contribution in [0.1, 0.15) is 35.1 Å². The van der Waals surface area contributed by atoms with Crippen LogP contribution in [0.4, 0.5) is 4.39 Å². The predicted molar refractivity (Wildman–Crippen MR) is 115 cm³/mol. The molecule has 168 valence electrons. The molecule has 0 aliphatic carbocycles. The second-order valence-corrected chi connectivity index (χ2v) is 7.52. The minimum absolute atomic E-state index is 0.250. The van der Waals surface area contributed by atoms with Gasteiger partial charge in [-0.2, -0.15) is 5.26 Å². The number of hydrogen-bond donors (Lipinski definition) is 2. The number of benzene rings is 2. The summed E-state index contributed by atoms with van der Waals surface area (Å²) in [5.74, 6) is -2.76. The Morgan fingerprint density at radius 3 is 2.31 bits per heavy atom. The van der Waals surface area contributed by atoms with E-state index in [9.17, 15) is 14.0 Å². The number of aliphatic carboxylic acids is 2. The molecule has 7 nitrogen and oxygen atoms in total. The molecule has 1 atom stereocenters. The highest BCUT2D eigenvalue weighted by Crippen LogP contribution is 2.45. The van der Waals surface area contributed by atoms with E-state index in [2.05, 4.69) is 11.0 Å². The first-order valence-corrected chi connectivity index (χ1v) is 9.90. The van der Waals surface area contributed by atoms with Crippen molar-refractivity contribution in [1.29, 1.82) is 5.26 Å². The van der Waals surface area contributed by atoms with Gasteiger partial charge in [0.15, 0.2) is 0 Å². The summed E-state index contributed by atoms with van der Waals surface area (Å²) >= 11 is 0. The topological polar surface area (TPSA) is 111 Å². The average Bonchev–Trinajstić information content (AvgIpc) is 3.11. The van der Waals surface area contributed by atoms with Gasteiger partial charge < -0.3 is 19.8 Å². The van der Waals surface area contributed by atoms with Gasteiger partial charge >= 0.3 is 11.9 Å². The minimum Gasteiger partial charge on any atom is -0.478 e. The zero-order chi connectivity index (χ0) is 23.7. The third-order valence-corrected chi connectivity index (χ3v) is 4.96. The molecule has 1 aliphatic heterocycles. The van der Waals surface area contributed by atoms with E-state index in [1.807, 2.05) is 32.3 Å². The molecule has 0 fully saturated rings. The Labute approximate surface area is 186 Å². The van der Waals surface area contributed by atoms with Crippen LogP contribution in [0.5, 0.6) is 0 Å². The average molecular weight is 440 g/mol. The lowest BCUT2D eigenvalue weighted by Gasteiger charge is -2.31. The summed E-state index contributed by atoms with van der Waals surface area (Å²) in [6.45, 7) is 1.43. The van der Waals surface area contributed by atoms with Gasteiger partial charge in [0.1, 0.15) is 11.4 Å². The fourth-order valence-electron chi connectivity index (χ4n) is 3.55. The van der Waals surface area contributed by atoms with Crippen molar-refractivity contribution in [2.45, 2.75) is 25.0 Å². The number of rotatable bonds is 7. The van der Waals surface area contributed by atoms with Crippen LogP contribution in [-0.2, 0) is 26.5 Å². The first-order valence-electron chi connectivity index (χ1n) is 9.90. The standard InChI is InChI=1S/C20H21FN2O.C4H4O4/c1-23(2)11-3-10-20(17-5-7-18(21)8-6-17)19-9-4-15(13-22)12-16(19)14-24-20;5-3(6)1-2-4(7)8/h4-9,12H,3,10-11,14H2,1-2H3;1-2H,(H,5,6)(H,7,8)/t20-;/m0./s1. The van der Waals surface area contributed by atoms with E-state index in [4.69, 9.17) is 20.2 Å². The normalized spacial score (nSPS) is 16.8. The molecule has 0 spiro atoms. The molecule has 3 rings (SSSR count). The molecule has 0 amide bonds. The van der Waals surface area contributed by atoms with Crippen LogP contribution >= 0.6 is 0 Å². The summed E-state index contributed by atoms with van der Waals surface area (Å²) in [5.41, 5.74) is 3.18. The largest absolute Gasteiger partial charge is 0.478 e. The van der Waals surface area contributed by atoms with Gasteiger partial charge in [0, 0.05) is 12.2 Å². The Bertz CT molecular complexity index is 1010. The zero-order valence-corrected chi connectivity index (χ0v) is 17.9. The SMILES string of the molecule is CN(C)CCC[C@@]1(c2ccc(F)cc2)OCc2cc(C#N)ccc21.O=C(O)C=CC(=O)O. The van der Waals surface area contributed by atoms with Crippen molar-refractivity contribution in [2.24, 2.45) is 0 Å². The smallest absolute Gasteiger partial charge is 0.328 e. The van der Waals surface area contributed by atoms with E-state index in [0.29, 0.717) is 24.3 Å². The monoisotopic (exact) mass is 440 g/mol. The van der Waals surface area contributed by atoms with E-state index in [-0.39, 0.29) is 5.82 Å². The molecule has 8 heteroatoms. The number of halogens is 1. The molecule has 2 aromatic carbocycles. The van der Waals surface area contributed by atoms with E-state index in [1.165, 1.54) is 12.1 Å². The number of carboxylic acid groups (broad SMARTS) is 2. The highest BCUT2D eigenvalue weighted by molar-refractivity contribution is 5.89. The summed E-state index contributed by atoms with van der Waals surface area (Å²) in [5, 5.41) is 24.7. The molecule has 1 aliphatic rings. The molecule has 2 aromatic rings. The lowest BCUT2D eigenvalue weighted by molar-refractivity contribution is -0.134. The maximum Gasteiger partial charge on any atom is 0.328 e. The fourth-order valence-corrected chi connectivity index (χ4v) is 3.55. The van der Waals surface area contributed by atoms with Crippen molar-refractivity contribution in [3.05, 3.63) is 82.7 Å². The molecule has 0 aromatic heterocycles. The number of carboxylic acids is 2. The molecule has 32 heavy (non-hydrogen) atoms. The van der Waals surface area contributed by atoms with Gasteiger partial charge in [0.05, 0.1) is 18.2 Å². The van der Waals surface area contributed by atoms with Crippen LogP contribution in [0.2, 0.25) is 0 Å². The number of hydrogen-bond acceptors (Lipinski definition) is 5. The quantitative estimate of drug-likeness (QED) is 0.634. The van der Waals surface area contributed by atoms with Crippen LogP contribution in [0, 0.1) is 17.1 Å². The van der Waals surface area contributed by atoms with Crippen molar-refractivity contribution < 1.29 is 28.9 Å². The van der Waals surface area contributed by atoms with Crippen LogP contribution in [0.25, 0.3) is 0 Å². The van der Waals surface area contributed by atoms with Crippen molar-refractivity contribution in [2.75, 3.05) is 20.6 Å². The number of carbonyl (C=O) groups is 2. The fraction of sp³-hybridized carbons (Fsp3) is 0.292. The molecule has 0 unspecified atom stereocenters. The first kappa shape index (κ1) is 24.7. The van der Waals surface area contributed by atoms with Crippen molar-refractivity contribution in [1.82, 2.24) is 4.90 Å². The van der Waals surface area contributed by atoms with E-state index in [0.717, 1.165) is 36.1 Å². The molecule has 0 saturated carbocycles. The van der Waals surface area contributed by atoms with Crippen LogP contribution in [0.3, 0.4) is 0 Å². The van der Waals surface area contributed by atoms with E-state index >= 15 is 0 Å². The Hall–Kier alpha value is -3.54. The molecular weight excluding hydrogens is 415 g/mol. The Morgan fingerprint density at radius 1 is 1.16 bits per heavy atom. The molecule has 1 heterocycles. The van der Waals surface area contributed by atoms with Gasteiger partial charge in [-0.25, -0.2) is 14.0 Å². The molecule has 0 bridgehead atoms. The Balaban J connectivity index is 0.000000390. The molecule has 0 radical (unpaired) electrons. The summed E-state index contributed by atoms with van der Waals surface area (Å²) in [7, 11) is 4.10. The Kier molecular flexibility index (Phi) is 8.64. The van der Waals surface area contributed by atoms with Crippen molar-refractivity contribution in [3.8, 4) is 6.07 Å². The number of nitrogens with zero attached hydrogens (tertiary/aromatic N) is 2. The molecule has 2 N–H and O–H groups in total. The highest BCUT2D eigenvalue weighted by Gasteiger charge is 2.41. The maximum absolute atomic E-state index is 13.4. The van der Waals surface area contributed by atoms with E-state index in [1.54, 1.807) is 12.1 Å². The summed E-state index contributed by atoms with van der Waals surface area (Å²) < 4.78 is 19.6. The zero-order valence-electron chi connectivity index (χ0n) is 17.9. The number of nitriles is 1. The molecular formula is C24H25FN2O5. The molecule has 0 saturated heterocycles. The number of fused-ring (bicyclic) bond motifs is 1. The Morgan fingerprint density at radius 2 is 1.78 bits per heavy atom. The summed E-state index contributed by atoms with van der Waals surface area (Å²) in [6, 6.07) is 14.5. The third-order valence-electron chi connectivity index (χ3n) is 4.96. The van der Waals surface area contributed by atoms with Gasteiger partial charge in [0.25, 0.3) is 0 Å². The van der Waals surface area contributed by atoms with Gasteiger partial charge in [-0.05, 0) is 74.4 Å². The minimum atomic E-state index is -1.26. The van der Waals surface area contributed by atoms with Gasteiger partial charge in [0.2, 0.25) is 0 Å². The van der Waals surface area contributed by atoms with Crippen LogP contribution in [0.15, 0.2) is 54.6 Å². The van der Waals surface area contributed by atoms with Crippen LogP contribution < -0.4 is 0 Å². The predicted octanol–water partition coefficient (Wildman–Crippen LogP) is 3.52. The van der Waals surface area contributed by atoms with Gasteiger partial charge in [-0.1, -0.05) is 18.2 Å². The maximum atomic E-state index is 13.4.